The third kappa shape index (κ3) is 2.88. The molecule has 0 saturated heterocycles. The topological polar surface area (TPSA) is 26.0 Å². The minimum absolute atomic E-state index is 0.228. The Hall–Kier alpha value is -0.550. The Kier molecular flexibility index (Phi) is 4.02. The summed E-state index contributed by atoms with van der Waals surface area (Å²) in [6, 6.07) is 3.31. The summed E-state index contributed by atoms with van der Waals surface area (Å²) in [5.41, 5.74) is 6.08. The first kappa shape index (κ1) is 13.9. The van der Waals surface area contributed by atoms with Gasteiger partial charge in [-0.25, -0.2) is 0 Å². The van der Waals surface area contributed by atoms with Gasteiger partial charge in [-0.15, -0.1) is 11.3 Å². The number of alkyl halides is 3. The molecule has 1 aromatic rings. The van der Waals surface area contributed by atoms with Gasteiger partial charge in [-0.1, -0.05) is 12.8 Å². The molecule has 18 heavy (non-hydrogen) atoms. The maximum atomic E-state index is 13.0. The average Bonchev–Trinajstić information content (AvgIpc) is 2.74. The van der Waals surface area contributed by atoms with Crippen molar-refractivity contribution >= 4 is 11.3 Å². The molecule has 0 radical (unpaired) electrons. The van der Waals surface area contributed by atoms with Crippen LogP contribution in [0, 0.1) is 18.8 Å². The van der Waals surface area contributed by atoms with Crippen LogP contribution in [0.1, 0.15) is 41.5 Å². The maximum absolute atomic E-state index is 13.0. The van der Waals surface area contributed by atoms with Crippen molar-refractivity contribution < 1.29 is 13.2 Å². The van der Waals surface area contributed by atoms with Gasteiger partial charge in [-0.3, -0.25) is 0 Å². The maximum Gasteiger partial charge on any atom is 0.392 e. The second-order valence-electron chi connectivity index (χ2n) is 5.07. The lowest BCUT2D eigenvalue weighted by molar-refractivity contribution is -0.198. The van der Waals surface area contributed by atoms with E-state index in [-0.39, 0.29) is 6.42 Å². The number of hydrogen-bond acceptors (Lipinski definition) is 2. The highest BCUT2D eigenvalue weighted by Gasteiger charge is 2.47. The van der Waals surface area contributed by atoms with Crippen molar-refractivity contribution in [3.8, 4) is 0 Å². The number of aryl methyl sites for hydroxylation is 1. The first-order valence-corrected chi connectivity index (χ1v) is 7.10. The zero-order chi connectivity index (χ0) is 13.3. The Balaban J connectivity index is 2.18. The van der Waals surface area contributed by atoms with Crippen molar-refractivity contribution in [1.82, 2.24) is 0 Å². The summed E-state index contributed by atoms with van der Waals surface area (Å²) in [5, 5.41) is 0. The van der Waals surface area contributed by atoms with Crippen molar-refractivity contribution in [2.75, 3.05) is 0 Å². The first-order chi connectivity index (χ1) is 8.39. The molecule has 3 atom stereocenters. The van der Waals surface area contributed by atoms with Crippen LogP contribution in [0.2, 0.25) is 0 Å². The summed E-state index contributed by atoms with van der Waals surface area (Å²) in [6.45, 7) is 1.95. The number of thiophene rings is 1. The monoisotopic (exact) mass is 277 g/mol. The zero-order valence-electron chi connectivity index (χ0n) is 10.3. The predicted octanol–water partition coefficient (Wildman–Crippen LogP) is 4.43. The Morgan fingerprint density at radius 2 is 1.94 bits per heavy atom. The third-order valence-electron chi connectivity index (χ3n) is 3.79. The van der Waals surface area contributed by atoms with E-state index >= 15 is 0 Å². The summed E-state index contributed by atoms with van der Waals surface area (Å²) >= 11 is 1.51. The zero-order valence-corrected chi connectivity index (χ0v) is 11.2. The Morgan fingerprint density at radius 1 is 1.28 bits per heavy atom. The van der Waals surface area contributed by atoms with Crippen molar-refractivity contribution in [2.45, 2.75) is 44.8 Å². The molecule has 5 heteroatoms. The lowest BCUT2D eigenvalue weighted by Crippen LogP contribution is -2.38. The van der Waals surface area contributed by atoms with E-state index in [1.165, 1.54) is 11.3 Å². The summed E-state index contributed by atoms with van der Waals surface area (Å²) in [6.07, 6.45) is -1.78. The molecule has 1 heterocycles. The minimum Gasteiger partial charge on any atom is -0.323 e. The van der Waals surface area contributed by atoms with Crippen molar-refractivity contribution in [3.05, 3.63) is 21.9 Å². The van der Waals surface area contributed by atoms with Crippen molar-refractivity contribution in [2.24, 2.45) is 17.6 Å². The van der Waals surface area contributed by atoms with Crippen molar-refractivity contribution in [3.63, 3.8) is 0 Å². The van der Waals surface area contributed by atoms with Gasteiger partial charge in [0.05, 0.1) is 5.92 Å². The number of nitrogens with two attached hydrogens (primary N) is 1. The van der Waals surface area contributed by atoms with Gasteiger partial charge >= 0.3 is 6.18 Å². The molecule has 1 nitrogen and oxygen atoms in total. The molecule has 1 fully saturated rings. The third-order valence-corrected chi connectivity index (χ3v) is 4.89. The van der Waals surface area contributed by atoms with Gasteiger partial charge in [0.2, 0.25) is 0 Å². The molecule has 1 saturated carbocycles. The normalized spacial score (nSPS) is 27.2. The van der Waals surface area contributed by atoms with E-state index in [1.807, 2.05) is 19.1 Å². The molecule has 0 aromatic carbocycles. The summed E-state index contributed by atoms with van der Waals surface area (Å²) < 4.78 is 39.1. The molecule has 3 unspecified atom stereocenters. The fraction of sp³-hybridized carbons (Fsp3) is 0.692. The number of halogens is 3. The molecule has 2 rings (SSSR count). The second kappa shape index (κ2) is 5.21. The van der Waals surface area contributed by atoms with E-state index in [1.54, 1.807) is 0 Å². The van der Waals surface area contributed by atoms with E-state index in [9.17, 15) is 13.2 Å². The summed E-state index contributed by atoms with van der Waals surface area (Å²) in [4.78, 5) is 1.98. The molecule has 0 spiro atoms. The number of rotatable bonds is 2. The quantitative estimate of drug-likeness (QED) is 0.850. The smallest absolute Gasteiger partial charge is 0.323 e. The van der Waals surface area contributed by atoms with Gasteiger partial charge in [0.1, 0.15) is 0 Å². The van der Waals surface area contributed by atoms with Crippen LogP contribution in [0.3, 0.4) is 0 Å². The van der Waals surface area contributed by atoms with Crippen LogP contribution < -0.4 is 5.73 Å². The fourth-order valence-corrected chi connectivity index (χ4v) is 3.79. The van der Waals surface area contributed by atoms with Gasteiger partial charge in [0.25, 0.3) is 0 Å². The van der Waals surface area contributed by atoms with E-state index in [0.29, 0.717) is 12.8 Å². The van der Waals surface area contributed by atoms with Crippen molar-refractivity contribution in [1.29, 1.82) is 0 Å². The lowest BCUT2D eigenvalue weighted by atomic mass is 9.74. The van der Waals surface area contributed by atoms with Gasteiger partial charge in [-0.2, -0.15) is 13.2 Å². The van der Waals surface area contributed by atoms with Crippen LogP contribution in [0.4, 0.5) is 13.2 Å². The van der Waals surface area contributed by atoms with Gasteiger partial charge < -0.3 is 5.73 Å². The van der Waals surface area contributed by atoms with Gasteiger partial charge in [0, 0.05) is 15.8 Å². The average molecular weight is 277 g/mol. The standard InChI is InChI=1S/C13H18F3NS/c1-8-6-7-11(18-8)12(17)9-4-2-3-5-10(9)13(14,15)16/h6-7,9-10,12H,2-5,17H2,1H3. The molecule has 1 aromatic heterocycles. The Bertz CT molecular complexity index is 399. The predicted molar refractivity (Wildman–Crippen MR) is 67.5 cm³/mol. The minimum atomic E-state index is -4.12. The molecule has 0 aliphatic heterocycles. The van der Waals surface area contributed by atoms with Crippen LogP contribution in [0.5, 0.6) is 0 Å². The van der Waals surface area contributed by atoms with E-state index in [4.69, 9.17) is 5.73 Å². The highest BCUT2D eigenvalue weighted by molar-refractivity contribution is 7.12. The van der Waals surface area contributed by atoms with Crippen LogP contribution in [-0.2, 0) is 0 Å². The molecular weight excluding hydrogens is 259 g/mol. The molecule has 102 valence electrons. The highest BCUT2D eigenvalue weighted by Crippen LogP contribution is 2.46. The molecular formula is C13H18F3NS. The van der Waals surface area contributed by atoms with E-state index in [2.05, 4.69) is 0 Å². The molecule has 0 amide bonds. The Morgan fingerprint density at radius 3 is 2.50 bits per heavy atom. The van der Waals surface area contributed by atoms with Crippen LogP contribution in [0.25, 0.3) is 0 Å². The largest absolute Gasteiger partial charge is 0.392 e. The molecule has 1 aliphatic rings. The number of hydrogen-bond donors (Lipinski definition) is 1. The van der Waals surface area contributed by atoms with Crippen LogP contribution in [0.15, 0.2) is 12.1 Å². The van der Waals surface area contributed by atoms with Crippen LogP contribution >= 0.6 is 11.3 Å². The second-order valence-corrected chi connectivity index (χ2v) is 6.39. The SMILES string of the molecule is Cc1ccc(C(N)C2CCCCC2C(F)(F)F)s1. The molecule has 2 N–H and O–H groups in total. The summed E-state index contributed by atoms with van der Waals surface area (Å²) in [5.74, 6) is -1.69. The highest BCUT2D eigenvalue weighted by atomic mass is 32.1. The van der Waals surface area contributed by atoms with Crippen LogP contribution in [-0.4, -0.2) is 6.18 Å². The first-order valence-electron chi connectivity index (χ1n) is 6.28. The van der Waals surface area contributed by atoms with Gasteiger partial charge in [0.15, 0.2) is 0 Å². The van der Waals surface area contributed by atoms with Gasteiger partial charge in [-0.05, 0) is 37.8 Å². The molecule has 1 aliphatic carbocycles. The fourth-order valence-electron chi connectivity index (χ4n) is 2.84. The van der Waals surface area contributed by atoms with E-state index in [0.717, 1.165) is 16.2 Å². The lowest BCUT2D eigenvalue weighted by Gasteiger charge is -2.36. The summed E-state index contributed by atoms with van der Waals surface area (Å²) in [7, 11) is 0. The van der Waals surface area contributed by atoms with E-state index < -0.39 is 24.1 Å². The Labute approximate surface area is 109 Å². The molecule has 0 bridgehead atoms.